The zero-order valence-electron chi connectivity index (χ0n) is 44.1. The number of hydrogen-bond donors (Lipinski definition) is 1. The summed E-state index contributed by atoms with van der Waals surface area (Å²) in [6.07, 6.45) is 1.90. The predicted molar refractivity (Wildman–Crippen MR) is 300 cm³/mol. The first-order valence-corrected chi connectivity index (χ1v) is 25.4. The Kier molecular flexibility index (Phi) is 13.2. The minimum absolute atomic E-state index is 0. The van der Waals surface area contributed by atoms with Crippen molar-refractivity contribution in [2.24, 2.45) is 0 Å². The molecule has 10 aromatic rings. The Labute approximate surface area is 441 Å². The number of hydrogen-bond acceptors (Lipinski definition) is 3. The molecular weight excluding hydrogens is 1060 g/mol. The number of phenolic OH excluding ortho intramolecular Hbond substituents is 1. The summed E-state index contributed by atoms with van der Waals surface area (Å²) >= 11 is 0. The van der Waals surface area contributed by atoms with E-state index >= 15 is 0 Å². The first-order chi connectivity index (χ1) is 33.7. The van der Waals surface area contributed by atoms with Gasteiger partial charge in [0.15, 0.2) is 0 Å². The number of pyridine rings is 1. The van der Waals surface area contributed by atoms with E-state index in [4.69, 9.17) is 9.97 Å². The van der Waals surface area contributed by atoms with Gasteiger partial charge in [-0.2, -0.15) is 0 Å². The Bertz CT molecular complexity index is 3580. The fourth-order valence-corrected chi connectivity index (χ4v) is 10.3. The van der Waals surface area contributed by atoms with Crippen LogP contribution in [-0.2, 0) is 37.3 Å². The Morgan fingerprint density at radius 2 is 1.07 bits per heavy atom. The molecule has 1 N–H and O–H groups in total. The number of aromatic nitrogens is 4. The molecule has 0 aliphatic heterocycles. The number of rotatable bonds is 8. The molecule has 0 saturated carbocycles. The van der Waals surface area contributed by atoms with Crippen LogP contribution in [0.15, 0.2) is 152 Å². The topological polar surface area (TPSA) is 55.9 Å². The van der Waals surface area contributed by atoms with Crippen LogP contribution in [0, 0.1) is 6.07 Å². The first-order valence-electron chi connectivity index (χ1n) is 25.4. The molecule has 5 nitrogen and oxygen atoms in total. The van der Waals surface area contributed by atoms with E-state index in [1.165, 1.54) is 38.5 Å². The molecule has 0 unspecified atom stereocenters. The van der Waals surface area contributed by atoms with E-state index in [0.29, 0.717) is 5.82 Å². The molecule has 0 aliphatic carbocycles. The number of benzene rings is 7. The van der Waals surface area contributed by atoms with Gasteiger partial charge in [-0.25, -0.2) is 4.98 Å². The van der Waals surface area contributed by atoms with Gasteiger partial charge in [0, 0.05) is 55.0 Å². The van der Waals surface area contributed by atoms with E-state index in [9.17, 15) is 5.11 Å². The second-order valence-electron chi connectivity index (χ2n) is 23.3. The van der Waals surface area contributed by atoms with Crippen LogP contribution in [0.5, 0.6) is 5.75 Å². The van der Waals surface area contributed by atoms with E-state index in [0.717, 1.165) is 72.6 Å². The molecule has 0 spiro atoms. The molecule has 0 saturated heterocycles. The molecule has 3 aromatic heterocycles. The van der Waals surface area contributed by atoms with Crippen molar-refractivity contribution in [3.05, 3.63) is 186 Å². The molecular formula is C66H67N4OPt-. The SMILES string of the molecule is CC(C)c1cc(-n2c3ccccc3c3ccccc32)cc(C(C)C)c1-n1c(-c2cc(C(C)(C)C)cc(C(C)(C)C)c2O)nc2c(-c3[c-]c(-c4cc(-c5ccccc5)ccn4)cc(C(C)(C)C)c3)cccc21.[Pt]. The van der Waals surface area contributed by atoms with Crippen molar-refractivity contribution in [1.82, 2.24) is 19.1 Å². The van der Waals surface area contributed by atoms with Crippen LogP contribution in [0.3, 0.4) is 0 Å². The number of para-hydroxylation sites is 3. The zero-order valence-corrected chi connectivity index (χ0v) is 46.4. The van der Waals surface area contributed by atoms with Crippen LogP contribution in [-0.4, -0.2) is 24.2 Å². The molecule has 72 heavy (non-hydrogen) atoms. The quantitative estimate of drug-likeness (QED) is 0.154. The molecule has 0 aliphatic rings. The smallest absolute Gasteiger partial charge is 0.148 e. The summed E-state index contributed by atoms with van der Waals surface area (Å²) in [6, 6.07) is 56.4. The van der Waals surface area contributed by atoms with Crippen LogP contribution < -0.4 is 0 Å². The second kappa shape index (κ2) is 18.8. The molecule has 0 amide bonds. The van der Waals surface area contributed by atoms with E-state index in [2.05, 4.69) is 245 Å². The van der Waals surface area contributed by atoms with Crippen molar-refractivity contribution >= 4 is 32.8 Å². The van der Waals surface area contributed by atoms with Gasteiger partial charge in [-0.05, 0) is 98.4 Å². The Morgan fingerprint density at radius 3 is 1.65 bits per heavy atom. The van der Waals surface area contributed by atoms with Gasteiger partial charge in [-0.1, -0.05) is 192 Å². The van der Waals surface area contributed by atoms with Crippen LogP contribution in [0.1, 0.15) is 130 Å². The minimum Gasteiger partial charge on any atom is -0.507 e. The van der Waals surface area contributed by atoms with Gasteiger partial charge in [0.05, 0.1) is 33.3 Å². The largest absolute Gasteiger partial charge is 0.507 e. The van der Waals surface area contributed by atoms with Crippen molar-refractivity contribution < 1.29 is 26.2 Å². The summed E-state index contributed by atoms with van der Waals surface area (Å²) in [4.78, 5) is 10.8. The molecule has 10 rings (SSSR count). The molecule has 0 fully saturated rings. The molecule has 0 radical (unpaired) electrons. The molecule has 0 atom stereocenters. The van der Waals surface area contributed by atoms with E-state index in [1.54, 1.807) is 0 Å². The Balaban J connectivity index is 0.00000640. The van der Waals surface area contributed by atoms with Crippen molar-refractivity contribution in [1.29, 1.82) is 0 Å². The van der Waals surface area contributed by atoms with Crippen molar-refractivity contribution in [2.45, 2.75) is 118 Å². The number of phenols is 1. The Morgan fingerprint density at radius 1 is 0.514 bits per heavy atom. The maximum atomic E-state index is 12.8. The standard InChI is InChI=1S/C66H67N4O.Pt/c1-40(2)52-38-48(69-57-27-19-17-24-50(57)51-25-18-20-28-58(51)69)39-53(41(3)4)61(52)70-59-29-21-26-49(60(59)68-63(70)54-36-47(65(8,9)10)37-55(62(54)71)66(11,12)13)44-32-45(34-46(33-44)64(5,6)7)56-35-43(30-31-67-56)42-22-15-14-16-23-42;/h14-31,33-41,71H,1-13H3;/q-1;. The van der Waals surface area contributed by atoms with Gasteiger partial charge < -0.3 is 9.67 Å². The predicted octanol–water partition coefficient (Wildman–Crippen LogP) is 17.8. The number of imidazole rings is 1. The van der Waals surface area contributed by atoms with Crippen molar-refractivity contribution in [3.63, 3.8) is 0 Å². The number of nitrogens with zero attached hydrogens (tertiary/aromatic N) is 4. The van der Waals surface area contributed by atoms with E-state index in [1.807, 2.05) is 12.3 Å². The summed E-state index contributed by atoms with van der Waals surface area (Å²) in [5.74, 6) is 1.22. The first kappa shape index (κ1) is 50.4. The fraction of sp³-hybridized carbons (Fsp3) is 0.273. The third-order valence-corrected chi connectivity index (χ3v) is 14.3. The van der Waals surface area contributed by atoms with Crippen LogP contribution in [0.2, 0.25) is 0 Å². The van der Waals surface area contributed by atoms with Gasteiger partial charge in [-0.15, -0.1) is 29.3 Å². The average Bonchev–Trinajstić information content (AvgIpc) is 3.89. The van der Waals surface area contributed by atoms with Crippen LogP contribution >= 0.6 is 0 Å². The molecule has 7 aromatic carbocycles. The Hall–Kier alpha value is -6.55. The fourth-order valence-electron chi connectivity index (χ4n) is 10.3. The van der Waals surface area contributed by atoms with Crippen LogP contribution in [0.25, 0.3) is 89.1 Å². The third-order valence-electron chi connectivity index (χ3n) is 14.3. The summed E-state index contributed by atoms with van der Waals surface area (Å²) in [5.41, 5.74) is 18.0. The zero-order chi connectivity index (χ0) is 50.3. The third kappa shape index (κ3) is 9.04. The van der Waals surface area contributed by atoms with Crippen LogP contribution in [0.4, 0.5) is 0 Å². The normalized spacial score (nSPS) is 12.4. The van der Waals surface area contributed by atoms with Crippen molar-refractivity contribution in [3.8, 4) is 62.0 Å². The van der Waals surface area contributed by atoms with Gasteiger partial charge >= 0.3 is 0 Å². The van der Waals surface area contributed by atoms with E-state index in [-0.39, 0.29) is 54.9 Å². The van der Waals surface area contributed by atoms with E-state index < -0.39 is 0 Å². The summed E-state index contributed by atoms with van der Waals surface area (Å²) < 4.78 is 4.82. The monoisotopic (exact) mass is 1130 g/mol. The second-order valence-corrected chi connectivity index (χ2v) is 23.3. The molecule has 6 heteroatoms. The molecule has 0 bridgehead atoms. The summed E-state index contributed by atoms with van der Waals surface area (Å²) in [5, 5.41) is 15.3. The maximum Gasteiger partial charge on any atom is 0.148 e. The molecule has 368 valence electrons. The van der Waals surface area contributed by atoms with Gasteiger partial charge in [-0.3, -0.25) is 9.55 Å². The van der Waals surface area contributed by atoms with Crippen molar-refractivity contribution in [2.75, 3.05) is 0 Å². The minimum atomic E-state index is -0.344. The van der Waals surface area contributed by atoms with Gasteiger partial charge in [0.1, 0.15) is 11.6 Å². The van der Waals surface area contributed by atoms with Gasteiger partial charge in [0.25, 0.3) is 0 Å². The molecule has 3 heterocycles. The number of aromatic hydroxyl groups is 1. The summed E-state index contributed by atoms with van der Waals surface area (Å²) in [6.45, 7) is 29.3. The maximum absolute atomic E-state index is 12.8. The van der Waals surface area contributed by atoms with Gasteiger partial charge in [0.2, 0.25) is 0 Å². The summed E-state index contributed by atoms with van der Waals surface area (Å²) in [7, 11) is 0. The number of fused-ring (bicyclic) bond motifs is 4. The average molecular weight is 1130 g/mol.